The fourth-order valence-electron chi connectivity index (χ4n) is 5.45. The fourth-order valence-corrected chi connectivity index (χ4v) is 5.45. The van der Waals surface area contributed by atoms with Crippen LogP contribution in [0.5, 0.6) is 0 Å². The van der Waals surface area contributed by atoms with Crippen LogP contribution in [-0.2, 0) is 0 Å². The van der Waals surface area contributed by atoms with Gasteiger partial charge in [-0.15, -0.1) is 0 Å². The molecule has 1 aromatic carbocycles. The molecule has 2 aliphatic carbocycles. The predicted octanol–water partition coefficient (Wildman–Crippen LogP) is 8.15. The third-order valence-corrected chi connectivity index (χ3v) is 7.46. The lowest BCUT2D eigenvalue weighted by Gasteiger charge is -2.38. The molecule has 0 spiro atoms. The van der Waals surface area contributed by atoms with Gasteiger partial charge in [0.25, 0.3) is 0 Å². The van der Waals surface area contributed by atoms with Crippen LogP contribution in [-0.4, -0.2) is 0 Å². The lowest BCUT2D eigenvalue weighted by Crippen LogP contribution is -2.25. The van der Waals surface area contributed by atoms with Crippen molar-refractivity contribution in [1.29, 1.82) is 0 Å². The monoisotopic (exact) mass is 342 g/mol. The van der Waals surface area contributed by atoms with E-state index in [4.69, 9.17) is 0 Å². The number of allylic oxidation sites excluding steroid dienone is 2. The first-order valence-corrected chi connectivity index (χ1v) is 10.8. The van der Waals surface area contributed by atoms with Crippen molar-refractivity contribution < 1.29 is 2.85 Å². The first kappa shape index (κ1) is 18.7. The smallest absolute Gasteiger partial charge is 0 e. The van der Waals surface area contributed by atoms with Gasteiger partial charge in [0.05, 0.1) is 0 Å². The number of hydrogen-bond donors (Lipinski definition) is 0. The van der Waals surface area contributed by atoms with Crippen molar-refractivity contribution in [2.24, 2.45) is 17.8 Å². The predicted molar refractivity (Wildman–Crippen MR) is 114 cm³/mol. The van der Waals surface area contributed by atoms with Crippen LogP contribution in [0.25, 0.3) is 0 Å². The molecule has 0 unspecified atom stereocenters. The maximum absolute atomic E-state index is 2.47. The maximum Gasteiger partial charge on any atom is 0 e. The molecule has 0 heterocycles. The molecule has 0 bridgehead atoms. The maximum atomic E-state index is 2.47. The summed E-state index contributed by atoms with van der Waals surface area (Å²) in [5.41, 5.74) is 6.06. The van der Waals surface area contributed by atoms with E-state index in [-0.39, 0.29) is 2.85 Å². The van der Waals surface area contributed by atoms with Gasteiger partial charge >= 0.3 is 0 Å². The molecule has 0 radical (unpaired) electrons. The quantitative estimate of drug-likeness (QED) is 0.484. The number of aryl methyl sites for hydroxylation is 2. The second-order valence-electron chi connectivity index (χ2n) is 8.98. The highest BCUT2D eigenvalue weighted by Crippen LogP contribution is 2.44. The van der Waals surface area contributed by atoms with Crippen molar-refractivity contribution in [3.05, 3.63) is 46.5 Å². The van der Waals surface area contributed by atoms with Crippen LogP contribution in [0.3, 0.4) is 0 Å². The van der Waals surface area contributed by atoms with Gasteiger partial charge in [0.15, 0.2) is 0 Å². The molecule has 1 aromatic rings. The van der Waals surface area contributed by atoms with Gasteiger partial charge in [-0.25, -0.2) is 0 Å². The van der Waals surface area contributed by atoms with Crippen LogP contribution in [0.4, 0.5) is 0 Å². The molecule has 0 atom stereocenters. The van der Waals surface area contributed by atoms with Gasteiger partial charge in [-0.3, -0.25) is 0 Å². The standard InChI is InChI=1S/C25H38.2H2/c1-5-6-7-21-8-10-22(11-9-21)23-12-14-24(15-13-23)25-16-18(2)20(4)19(3)17-25;;/h5-6,16-17,21-24H,7-15H2,1-4H3;2*1H/b6-5+;;. The summed E-state index contributed by atoms with van der Waals surface area (Å²) in [7, 11) is 0. The SMILES string of the molecule is C/C=C/CC1CCC(C2CCC(c3cc(C)c(C)c(C)c3)CC2)CC1.[HH].[HH]. The summed E-state index contributed by atoms with van der Waals surface area (Å²) in [5, 5.41) is 0. The zero-order valence-corrected chi connectivity index (χ0v) is 17.0. The first-order valence-electron chi connectivity index (χ1n) is 10.8. The Kier molecular flexibility index (Phi) is 6.42. The molecule has 2 saturated carbocycles. The van der Waals surface area contributed by atoms with Gasteiger partial charge in [-0.2, -0.15) is 0 Å². The summed E-state index contributed by atoms with van der Waals surface area (Å²) in [6.45, 7) is 8.98. The highest BCUT2D eigenvalue weighted by atomic mass is 14.4. The highest BCUT2D eigenvalue weighted by molar-refractivity contribution is 5.38. The molecule has 0 saturated heterocycles. The molecule has 3 rings (SSSR count). The molecule has 2 fully saturated rings. The van der Waals surface area contributed by atoms with E-state index >= 15 is 0 Å². The average Bonchev–Trinajstić information content (AvgIpc) is 2.64. The average molecular weight is 343 g/mol. The molecular formula is C25H42. The van der Waals surface area contributed by atoms with Crippen LogP contribution in [0.2, 0.25) is 0 Å². The van der Waals surface area contributed by atoms with E-state index in [2.05, 4.69) is 52.0 Å². The molecule has 0 amide bonds. The van der Waals surface area contributed by atoms with Gasteiger partial charge in [-0.05, 0) is 131 Å². The van der Waals surface area contributed by atoms with E-state index in [1.165, 1.54) is 74.5 Å². The van der Waals surface area contributed by atoms with Gasteiger partial charge in [0.1, 0.15) is 0 Å². The minimum absolute atomic E-state index is 0. The van der Waals surface area contributed by atoms with Crippen LogP contribution >= 0.6 is 0 Å². The molecule has 142 valence electrons. The van der Waals surface area contributed by atoms with E-state index in [1.54, 1.807) is 5.56 Å². The normalized spacial score (nSPS) is 30.7. The van der Waals surface area contributed by atoms with E-state index in [0.717, 1.165) is 23.7 Å². The summed E-state index contributed by atoms with van der Waals surface area (Å²) >= 11 is 0. The van der Waals surface area contributed by atoms with E-state index in [9.17, 15) is 0 Å². The summed E-state index contributed by atoms with van der Waals surface area (Å²) in [6.07, 6.45) is 17.7. The molecular weight excluding hydrogens is 300 g/mol. The number of rotatable bonds is 4. The number of benzene rings is 1. The fraction of sp³-hybridized carbons (Fsp3) is 0.680. The zero-order valence-electron chi connectivity index (χ0n) is 17.0. The molecule has 0 aliphatic heterocycles. The van der Waals surface area contributed by atoms with E-state index in [0.29, 0.717) is 0 Å². The van der Waals surface area contributed by atoms with Crippen molar-refractivity contribution in [2.45, 2.75) is 91.4 Å². The van der Waals surface area contributed by atoms with E-state index in [1.807, 2.05) is 0 Å². The van der Waals surface area contributed by atoms with Crippen LogP contribution in [0.15, 0.2) is 24.3 Å². The Morgan fingerprint density at radius 3 is 1.88 bits per heavy atom. The highest BCUT2D eigenvalue weighted by Gasteiger charge is 2.31. The second kappa shape index (κ2) is 8.56. The molecule has 2 aliphatic rings. The van der Waals surface area contributed by atoms with Crippen molar-refractivity contribution in [3.63, 3.8) is 0 Å². The Bertz CT molecular complexity index is 565. The Labute approximate surface area is 159 Å². The molecule has 0 N–H and O–H groups in total. The van der Waals surface area contributed by atoms with Gasteiger partial charge in [0, 0.05) is 2.85 Å². The van der Waals surface area contributed by atoms with Gasteiger partial charge in [0.2, 0.25) is 0 Å². The summed E-state index contributed by atoms with van der Waals surface area (Å²) in [4.78, 5) is 0. The lowest BCUT2D eigenvalue weighted by atomic mass is 9.68. The molecule has 25 heavy (non-hydrogen) atoms. The Morgan fingerprint density at radius 1 is 0.840 bits per heavy atom. The topological polar surface area (TPSA) is 0 Å². The molecule has 0 aromatic heterocycles. The van der Waals surface area contributed by atoms with Crippen LogP contribution in [0, 0.1) is 38.5 Å². The van der Waals surface area contributed by atoms with Gasteiger partial charge < -0.3 is 0 Å². The Morgan fingerprint density at radius 2 is 1.36 bits per heavy atom. The van der Waals surface area contributed by atoms with Crippen molar-refractivity contribution in [2.75, 3.05) is 0 Å². The minimum Gasteiger partial charge on any atom is -0.0917 e. The van der Waals surface area contributed by atoms with Crippen molar-refractivity contribution in [3.8, 4) is 0 Å². The summed E-state index contributed by atoms with van der Waals surface area (Å²) < 4.78 is 0. The minimum atomic E-state index is 0. The second-order valence-corrected chi connectivity index (χ2v) is 8.98. The van der Waals surface area contributed by atoms with E-state index < -0.39 is 0 Å². The number of hydrogen-bond acceptors (Lipinski definition) is 0. The third-order valence-electron chi connectivity index (χ3n) is 7.46. The van der Waals surface area contributed by atoms with Gasteiger partial charge in [-0.1, -0.05) is 24.3 Å². The summed E-state index contributed by atoms with van der Waals surface area (Å²) in [5.74, 6) is 3.85. The zero-order chi connectivity index (χ0) is 17.8. The van der Waals surface area contributed by atoms with Crippen molar-refractivity contribution in [1.82, 2.24) is 0 Å². The molecule has 0 heteroatoms. The Balaban J connectivity index is 0.00000182. The summed E-state index contributed by atoms with van der Waals surface area (Å²) in [6, 6.07) is 4.94. The first-order chi connectivity index (χ1) is 12.1. The third kappa shape index (κ3) is 4.57. The molecule has 0 nitrogen and oxygen atoms in total. The van der Waals surface area contributed by atoms with Crippen molar-refractivity contribution >= 4 is 0 Å². The Hall–Kier alpha value is -1.04. The van der Waals surface area contributed by atoms with Crippen LogP contribution in [0.1, 0.15) is 95.7 Å². The van der Waals surface area contributed by atoms with Crippen LogP contribution < -0.4 is 0 Å². The largest absolute Gasteiger partial charge is 0.0917 e. The lowest BCUT2D eigenvalue weighted by molar-refractivity contribution is 0.160.